The molecule has 0 atom stereocenters. The summed E-state index contributed by atoms with van der Waals surface area (Å²) in [5.74, 6) is 1.71. The number of unbranched alkanes of at least 4 members (excludes halogenated alkanes) is 9. The standard InChI is InChI=1S/C38H73N5O/c1-6-7-8-9-10-11-12-13-14-15-24-38(33-16-25-39(2)26-17-33,34-18-27-40(3)28-19-34)37(44)43(35-20-29-41(4)30-21-35)36-22-31-42(5)32-23-36/h33-36H,6-32H2,1-5H3. The van der Waals surface area contributed by atoms with Gasteiger partial charge in [-0.3, -0.25) is 4.79 Å². The highest BCUT2D eigenvalue weighted by Crippen LogP contribution is 2.51. The Bertz CT molecular complexity index is 745. The van der Waals surface area contributed by atoms with Gasteiger partial charge < -0.3 is 24.5 Å². The Morgan fingerprint density at radius 2 is 0.841 bits per heavy atom. The fourth-order valence-corrected chi connectivity index (χ4v) is 9.57. The van der Waals surface area contributed by atoms with E-state index < -0.39 is 0 Å². The minimum atomic E-state index is -0.171. The highest BCUT2D eigenvalue weighted by molar-refractivity contribution is 5.84. The summed E-state index contributed by atoms with van der Waals surface area (Å²) in [6.07, 6.45) is 24.3. The summed E-state index contributed by atoms with van der Waals surface area (Å²) < 4.78 is 0. The van der Waals surface area contributed by atoms with Crippen molar-refractivity contribution in [2.24, 2.45) is 17.3 Å². The third kappa shape index (κ3) is 9.91. The molecule has 1 amide bonds. The first-order valence-corrected chi connectivity index (χ1v) is 19.4. The van der Waals surface area contributed by atoms with Gasteiger partial charge in [0.05, 0.1) is 5.41 Å². The van der Waals surface area contributed by atoms with Crippen molar-refractivity contribution in [2.75, 3.05) is 80.5 Å². The van der Waals surface area contributed by atoms with Crippen LogP contribution < -0.4 is 0 Å². The van der Waals surface area contributed by atoms with Crippen LogP contribution in [0.5, 0.6) is 0 Å². The van der Waals surface area contributed by atoms with Crippen LogP contribution in [0.3, 0.4) is 0 Å². The van der Waals surface area contributed by atoms with Gasteiger partial charge in [-0.1, -0.05) is 71.1 Å². The van der Waals surface area contributed by atoms with E-state index in [-0.39, 0.29) is 5.41 Å². The van der Waals surface area contributed by atoms with Gasteiger partial charge in [0.25, 0.3) is 0 Å². The molecule has 4 rings (SSSR count). The molecule has 6 nitrogen and oxygen atoms in total. The van der Waals surface area contributed by atoms with Crippen LogP contribution in [0.1, 0.15) is 129 Å². The molecule has 44 heavy (non-hydrogen) atoms. The van der Waals surface area contributed by atoms with Gasteiger partial charge >= 0.3 is 0 Å². The summed E-state index contributed by atoms with van der Waals surface area (Å²) in [6.45, 7) is 11.5. The number of nitrogens with zero attached hydrogens (tertiary/aromatic N) is 5. The first-order valence-electron chi connectivity index (χ1n) is 19.4. The number of carbonyl (C=O) groups excluding carboxylic acids is 1. The van der Waals surface area contributed by atoms with E-state index in [9.17, 15) is 0 Å². The molecule has 0 aromatic rings. The number of likely N-dealkylation sites (tertiary alicyclic amines) is 4. The summed E-state index contributed by atoms with van der Waals surface area (Å²) in [7, 11) is 9.12. The van der Waals surface area contributed by atoms with Gasteiger partial charge in [-0.25, -0.2) is 0 Å². The van der Waals surface area contributed by atoms with Crippen molar-refractivity contribution >= 4 is 5.91 Å². The fourth-order valence-electron chi connectivity index (χ4n) is 9.57. The summed E-state index contributed by atoms with van der Waals surface area (Å²) in [5, 5.41) is 0. The summed E-state index contributed by atoms with van der Waals surface area (Å²) in [6, 6.07) is 0.855. The molecular weight excluding hydrogens is 542 g/mol. The first-order chi connectivity index (χ1) is 21.3. The van der Waals surface area contributed by atoms with Crippen molar-refractivity contribution in [3.8, 4) is 0 Å². The van der Waals surface area contributed by atoms with E-state index in [4.69, 9.17) is 0 Å². The van der Waals surface area contributed by atoms with E-state index in [1.807, 2.05) is 0 Å². The molecule has 0 N–H and O–H groups in total. The van der Waals surface area contributed by atoms with Gasteiger partial charge in [-0.2, -0.15) is 0 Å². The van der Waals surface area contributed by atoms with Gasteiger partial charge in [0.1, 0.15) is 0 Å². The lowest BCUT2D eigenvalue weighted by Gasteiger charge is -2.55. The number of carbonyl (C=O) groups is 1. The third-order valence-corrected chi connectivity index (χ3v) is 12.6. The smallest absolute Gasteiger partial charge is 0.229 e. The van der Waals surface area contributed by atoms with E-state index in [1.54, 1.807) is 0 Å². The molecule has 0 spiro atoms. The lowest BCUT2D eigenvalue weighted by molar-refractivity contribution is -0.163. The Morgan fingerprint density at radius 1 is 0.523 bits per heavy atom. The monoisotopic (exact) mass is 616 g/mol. The predicted octanol–water partition coefficient (Wildman–Crippen LogP) is 6.98. The molecule has 4 heterocycles. The van der Waals surface area contributed by atoms with Crippen molar-refractivity contribution in [1.82, 2.24) is 24.5 Å². The lowest BCUT2D eigenvalue weighted by Crippen LogP contribution is -2.62. The average Bonchev–Trinajstić information content (AvgIpc) is 3.03. The molecule has 0 aromatic heterocycles. The highest BCUT2D eigenvalue weighted by atomic mass is 16.2. The Morgan fingerprint density at radius 3 is 1.20 bits per heavy atom. The SMILES string of the molecule is CCCCCCCCCCCCC(C(=O)N(C1CCN(C)CC1)C1CCN(C)CC1)(C1CCN(C)CC1)C1CCN(C)CC1. The zero-order valence-electron chi connectivity index (χ0n) is 30.0. The molecule has 0 radical (unpaired) electrons. The van der Waals surface area contributed by atoms with Crippen molar-refractivity contribution in [3.63, 3.8) is 0 Å². The van der Waals surface area contributed by atoms with Gasteiger partial charge in [-0.05, 0) is 150 Å². The molecule has 4 saturated heterocycles. The van der Waals surface area contributed by atoms with Crippen LogP contribution >= 0.6 is 0 Å². The maximum absolute atomic E-state index is 15.9. The van der Waals surface area contributed by atoms with Gasteiger partial charge in [0.2, 0.25) is 5.91 Å². The Balaban J connectivity index is 1.57. The molecule has 0 aliphatic carbocycles. The zero-order valence-corrected chi connectivity index (χ0v) is 30.0. The second-order valence-electron chi connectivity index (χ2n) is 15.9. The molecule has 256 valence electrons. The van der Waals surface area contributed by atoms with E-state index in [0.29, 0.717) is 29.8 Å². The van der Waals surface area contributed by atoms with E-state index in [1.165, 1.54) is 89.9 Å². The minimum absolute atomic E-state index is 0.171. The van der Waals surface area contributed by atoms with E-state index in [0.717, 1.165) is 84.5 Å². The Labute approximate surface area is 273 Å². The molecule has 0 bridgehead atoms. The molecule has 0 saturated carbocycles. The molecule has 4 aliphatic heterocycles. The largest absolute Gasteiger partial charge is 0.336 e. The third-order valence-electron chi connectivity index (χ3n) is 12.6. The molecular formula is C38H73N5O. The van der Waals surface area contributed by atoms with Crippen LogP contribution in [-0.2, 0) is 4.79 Å². The second kappa shape index (κ2) is 18.6. The number of piperidine rings is 4. The number of rotatable bonds is 16. The lowest BCUT2D eigenvalue weighted by atomic mass is 9.57. The van der Waals surface area contributed by atoms with Crippen molar-refractivity contribution in [2.45, 2.75) is 141 Å². The van der Waals surface area contributed by atoms with Gasteiger partial charge in [0.15, 0.2) is 0 Å². The quantitative estimate of drug-likeness (QED) is 0.175. The highest BCUT2D eigenvalue weighted by Gasteiger charge is 2.54. The van der Waals surface area contributed by atoms with Crippen molar-refractivity contribution in [3.05, 3.63) is 0 Å². The minimum Gasteiger partial charge on any atom is -0.336 e. The number of hydrogen-bond acceptors (Lipinski definition) is 5. The number of hydrogen-bond donors (Lipinski definition) is 0. The van der Waals surface area contributed by atoms with Crippen LogP contribution in [0.4, 0.5) is 0 Å². The van der Waals surface area contributed by atoms with Crippen LogP contribution in [0.25, 0.3) is 0 Å². The molecule has 4 fully saturated rings. The Hall–Kier alpha value is -0.690. The molecule has 4 aliphatic rings. The molecule has 0 unspecified atom stereocenters. The second-order valence-corrected chi connectivity index (χ2v) is 15.9. The van der Waals surface area contributed by atoms with Crippen molar-refractivity contribution < 1.29 is 4.79 Å². The van der Waals surface area contributed by atoms with E-state index >= 15 is 4.79 Å². The summed E-state index contributed by atoms with van der Waals surface area (Å²) in [5.41, 5.74) is -0.171. The van der Waals surface area contributed by atoms with E-state index in [2.05, 4.69) is 59.6 Å². The predicted molar refractivity (Wildman–Crippen MR) is 187 cm³/mol. The maximum atomic E-state index is 15.9. The Kier molecular flexibility index (Phi) is 15.3. The maximum Gasteiger partial charge on any atom is 0.229 e. The van der Waals surface area contributed by atoms with Crippen LogP contribution in [-0.4, -0.2) is 123 Å². The van der Waals surface area contributed by atoms with Crippen LogP contribution in [0, 0.1) is 17.3 Å². The summed E-state index contributed by atoms with van der Waals surface area (Å²) in [4.78, 5) is 28.5. The van der Waals surface area contributed by atoms with Gasteiger partial charge in [0, 0.05) is 12.1 Å². The van der Waals surface area contributed by atoms with Crippen LogP contribution in [0.2, 0.25) is 0 Å². The fraction of sp³-hybridized carbons (Fsp3) is 0.974. The normalized spacial score (nSPS) is 23.8. The topological polar surface area (TPSA) is 33.3 Å². The molecule has 0 aromatic carbocycles. The van der Waals surface area contributed by atoms with Gasteiger partial charge in [-0.15, -0.1) is 0 Å². The zero-order chi connectivity index (χ0) is 31.4. The van der Waals surface area contributed by atoms with Crippen molar-refractivity contribution in [1.29, 1.82) is 0 Å². The summed E-state index contributed by atoms with van der Waals surface area (Å²) >= 11 is 0. The molecule has 6 heteroatoms. The van der Waals surface area contributed by atoms with Crippen LogP contribution in [0.15, 0.2) is 0 Å². The average molecular weight is 616 g/mol. The number of amides is 1. The first kappa shape index (κ1) is 36.2.